The molecule has 0 aliphatic rings. The van der Waals surface area contributed by atoms with Crippen molar-refractivity contribution in [3.63, 3.8) is 0 Å². The number of nitrogens with one attached hydrogen (secondary N) is 1. The molecule has 0 bridgehead atoms. The first-order chi connectivity index (χ1) is 12.1. The van der Waals surface area contributed by atoms with Gasteiger partial charge in [-0.05, 0) is 33.2 Å². The average molecular weight is 338 g/mol. The van der Waals surface area contributed by atoms with Gasteiger partial charge in [-0.15, -0.1) is 0 Å². The number of nitrogens with zero attached hydrogens (tertiary/aromatic N) is 5. The number of aromatic nitrogens is 4. The summed E-state index contributed by atoms with van der Waals surface area (Å²) in [6.45, 7) is 3.65. The van der Waals surface area contributed by atoms with E-state index in [-0.39, 0.29) is 6.04 Å². The lowest BCUT2D eigenvalue weighted by molar-refractivity contribution is 0.288. The molecule has 1 atom stereocenters. The Morgan fingerprint density at radius 2 is 1.92 bits per heavy atom. The second kappa shape index (κ2) is 7.63. The van der Waals surface area contributed by atoms with Crippen molar-refractivity contribution in [1.82, 2.24) is 29.5 Å². The van der Waals surface area contributed by atoms with Gasteiger partial charge in [-0.3, -0.25) is 9.25 Å². The molecule has 1 aromatic carbocycles. The molecule has 2 heterocycles. The third kappa shape index (κ3) is 3.97. The van der Waals surface area contributed by atoms with Gasteiger partial charge in [0, 0.05) is 43.6 Å². The molecule has 2 aromatic heterocycles. The van der Waals surface area contributed by atoms with Crippen molar-refractivity contribution in [3.8, 4) is 5.69 Å². The number of benzene rings is 1. The van der Waals surface area contributed by atoms with Crippen molar-refractivity contribution in [2.24, 2.45) is 7.05 Å². The summed E-state index contributed by atoms with van der Waals surface area (Å²) < 4.78 is 4.04. The molecule has 0 fully saturated rings. The minimum atomic E-state index is 0.280. The summed E-state index contributed by atoms with van der Waals surface area (Å²) in [5.74, 6) is 0.999. The van der Waals surface area contributed by atoms with Gasteiger partial charge in [0.25, 0.3) is 0 Å². The van der Waals surface area contributed by atoms with Crippen LogP contribution in [0.5, 0.6) is 0 Å². The molecule has 3 aromatic rings. The molecule has 3 rings (SSSR count). The Kier molecular flexibility index (Phi) is 5.31. The molecule has 0 aliphatic carbocycles. The Balaban J connectivity index is 1.70. The van der Waals surface area contributed by atoms with Crippen LogP contribution in [0.1, 0.15) is 23.1 Å². The highest BCUT2D eigenvalue weighted by molar-refractivity contribution is 5.35. The van der Waals surface area contributed by atoms with Gasteiger partial charge in [0.15, 0.2) is 0 Å². The topological polar surface area (TPSA) is 50.9 Å². The highest BCUT2D eigenvalue weighted by Crippen LogP contribution is 2.17. The predicted molar refractivity (Wildman–Crippen MR) is 99.6 cm³/mol. The van der Waals surface area contributed by atoms with Crippen molar-refractivity contribution in [2.75, 3.05) is 20.6 Å². The molecule has 6 heteroatoms. The lowest BCUT2D eigenvalue weighted by atomic mass is 10.1. The van der Waals surface area contributed by atoms with Crippen molar-refractivity contribution >= 4 is 0 Å². The first-order valence-electron chi connectivity index (χ1n) is 8.50. The fourth-order valence-electron chi connectivity index (χ4n) is 3.09. The first kappa shape index (κ1) is 17.4. The van der Waals surface area contributed by atoms with Crippen LogP contribution >= 0.6 is 0 Å². The lowest BCUT2D eigenvalue weighted by Gasteiger charge is -2.23. The molecule has 0 radical (unpaired) electrons. The van der Waals surface area contributed by atoms with Crippen LogP contribution in [0.2, 0.25) is 0 Å². The highest BCUT2D eigenvalue weighted by Gasteiger charge is 2.16. The number of rotatable bonds is 7. The van der Waals surface area contributed by atoms with Gasteiger partial charge >= 0.3 is 0 Å². The van der Waals surface area contributed by atoms with Gasteiger partial charge < -0.3 is 10.2 Å². The van der Waals surface area contributed by atoms with Crippen molar-refractivity contribution in [2.45, 2.75) is 19.5 Å². The summed E-state index contributed by atoms with van der Waals surface area (Å²) in [7, 11) is 6.14. The number of hydrogen-bond donors (Lipinski definition) is 1. The summed E-state index contributed by atoms with van der Waals surface area (Å²) in [5, 5.41) is 7.87. The van der Waals surface area contributed by atoms with Gasteiger partial charge in [-0.2, -0.15) is 5.10 Å². The van der Waals surface area contributed by atoms with E-state index in [1.165, 1.54) is 5.56 Å². The van der Waals surface area contributed by atoms with E-state index in [9.17, 15) is 0 Å². The Labute approximate surface area is 149 Å². The Bertz CT molecular complexity index is 802. The van der Waals surface area contributed by atoms with Gasteiger partial charge in [0.1, 0.15) is 5.82 Å². The molecule has 1 N–H and O–H groups in total. The Morgan fingerprint density at radius 3 is 2.56 bits per heavy atom. The van der Waals surface area contributed by atoms with Crippen LogP contribution in [-0.2, 0) is 13.6 Å². The van der Waals surface area contributed by atoms with Crippen molar-refractivity contribution in [3.05, 3.63) is 66.0 Å². The second-order valence-electron chi connectivity index (χ2n) is 6.53. The van der Waals surface area contributed by atoms with E-state index < -0.39 is 0 Å². The monoisotopic (exact) mass is 338 g/mol. The smallest absolute Gasteiger partial charge is 0.110 e. The van der Waals surface area contributed by atoms with E-state index >= 15 is 0 Å². The summed E-state index contributed by atoms with van der Waals surface area (Å²) >= 11 is 0. The normalized spacial score (nSPS) is 12.7. The minimum Gasteiger partial charge on any atom is -0.309 e. The molecule has 132 valence electrons. The number of para-hydroxylation sites is 1. The maximum absolute atomic E-state index is 4.49. The van der Waals surface area contributed by atoms with Crippen molar-refractivity contribution < 1.29 is 0 Å². The third-order valence-corrected chi connectivity index (χ3v) is 4.40. The molecule has 0 aliphatic heterocycles. The number of hydrogen-bond acceptors (Lipinski definition) is 4. The van der Waals surface area contributed by atoms with Gasteiger partial charge in [-0.25, -0.2) is 4.98 Å². The Morgan fingerprint density at radius 1 is 1.16 bits per heavy atom. The molecule has 6 nitrogen and oxygen atoms in total. The fraction of sp³-hybridized carbons (Fsp3) is 0.368. The van der Waals surface area contributed by atoms with E-state index in [1.807, 2.05) is 37.1 Å². The van der Waals surface area contributed by atoms with E-state index in [2.05, 4.69) is 69.4 Å². The fourth-order valence-corrected chi connectivity index (χ4v) is 3.09. The highest BCUT2D eigenvalue weighted by atomic mass is 15.2. The largest absolute Gasteiger partial charge is 0.309 e. The molecular weight excluding hydrogens is 312 g/mol. The molecule has 25 heavy (non-hydrogen) atoms. The van der Waals surface area contributed by atoms with E-state index in [0.29, 0.717) is 0 Å². The first-order valence-corrected chi connectivity index (χ1v) is 8.50. The summed E-state index contributed by atoms with van der Waals surface area (Å²) in [6, 6.07) is 10.6. The number of imidazole rings is 1. The quantitative estimate of drug-likeness (QED) is 0.718. The van der Waals surface area contributed by atoms with Crippen LogP contribution < -0.4 is 5.32 Å². The van der Waals surface area contributed by atoms with Crippen molar-refractivity contribution in [1.29, 1.82) is 0 Å². The van der Waals surface area contributed by atoms with E-state index in [0.717, 1.165) is 30.3 Å². The van der Waals surface area contributed by atoms with E-state index in [4.69, 9.17) is 0 Å². The number of aryl methyl sites for hydroxylation is 2. The maximum Gasteiger partial charge on any atom is 0.110 e. The summed E-state index contributed by atoms with van der Waals surface area (Å²) in [6.07, 6.45) is 5.96. The number of likely N-dealkylation sites (N-methyl/N-ethyl adjacent to an activating group) is 1. The van der Waals surface area contributed by atoms with Gasteiger partial charge in [0.2, 0.25) is 0 Å². The predicted octanol–water partition coefficient (Wildman–Crippen LogP) is 2.31. The van der Waals surface area contributed by atoms with Crippen LogP contribution in [0.3, 0.4) is 0 Å². The zero-order chi connectivity index (χ0) is 17.8. The zero-order valence-electron chi connectivity index (χ0n) is 15.3. The van der Waals surface area contributed by atoms with Crippen LogP contribution in [0.25, 0.3) is 5.69 Å². The molecule has 0 saturated heterocycles. The molecule has 0 saturated carbocycles. The molecule has 0 spiro atoms. The zero-order valence-corrected chi connectivity index (χ0v) is 15.3. The Hall–Kier alpha value is -2.44. The van der Waals surface area contributed by atoms with Crippen LogP contribution in [-0.4, -0.2) is 44.9 Å². The van der Waals surface area contributed by atoms with Gasteiger partial charge in [0.05, 0.1) is 18.1 Å². The molecule has 0 unspecified atom stereocenters. The SMILES string of the molecule is Cc1ncc(CNC[C@H](c2cnn(C)c2)N(C)C)n1-c1ccccc1. The van der Waals surface area contributed by atoms with Crippen LogP contribution in [0, 0.1) is 6.92 Å². The van der Waals surface area contributed by atoms with Crippen LogP contribution in [0.4, 0.5) is 0 Å². The maximum atomic E-state index is 4.49. The van der Waals surface area contributed by atoms with Crippen LogP contribution in [0.15, 0.2) is 48.9 Å². The molecule has 0 amide bonds. The molecular formula is C19H26N6. The lowest BCUT2D eigenvalue weighted by Crippen LogP contribution is -2.31. The van der Waals surface area contributed by atoms with E-state index in [1.54, 1.807) is 0 Å². The van der Waals surface area contributed by atoms with Gasteiger partial charge in [-0.1, -0.05) is 18.2 Å². The summed E-state index contributed by atoms with van der Waals surface area (Å²) in [5.41, 5.74) is 3.52. The summed E-state index contributed by atoms with van der Waals surface area (Å²) in [4.78, 5) is 6.70. The average Bonchev–Trinajstić information content (AvgIpc) is 3.18. The second-order valence-corrected chi connectivity index (χ2v) is 6.53. The minimum absolute atomic E-state index is 0.280. The third-order valence-electron chi connectivity index (χ3n) is 4.40. The standard InChI is InChI=1S/C19H26N6/c1-15-21-12-18(25(15)17-8-6-5-7-9-17)11-20-13-19(23(2)3)16-10-22-24(4)14-16/h5-10,12,14,19-20H,11,13H2,1-4H3/t19-/m1/s1.